The van der Waals surface area contributed by atoms with E-state index in [9.17, 15) is 0 Å². The van der Waals surface area contributed by atoms with Crippen LogP contribution >= 0.6 is 0 Å². The van der Waals surface area contributed by atoms with Crippen LogP contribution in [0.1, 0.15) is 24.5 Å². The number of rotatable bonds is 1. The highest BCUT2D eigenvalue weighted by atomic mass is 15.4. The van der Waals surface area contributed by atoms with Crippen molar-refractivity contribution in [1.29, 1.82) is 0 Å². The molecule has 0 atom stereocenters. The molecule has 1 saturated carbocycles. The van der Waals surface area contributed by atoms with Crippen LogP contribution < -0.4 is 11.1 Å². The van der Waals surface area contributed by atoms with Crippen LogP contribution in [0.25, 0.3) is 0 Å². The van der Waals surface area contributed by atoms with E-state index in [1.807, 2.05) is 4.68 Å². The largest absolute Gasteiger partial charge is 0.394 e. The van der Waals surface area contributed by atoms with Gasteiger partial charge in [-0.25, -0.2) is 4.68 Å². The predicted molar refractivity (Wildman–Crippen MR) is 47.1 cm³/mol. The molecule has 12 heavy (non-hydrogen) atoms. The molecule has 0 amide bonds. The number of hydrogen-bond acceptors (Lipinski definition) is 3. The van der Waals surface area contributed by atoms with Crippen LogP contribution in [0.2, 0.25) is 0 Å². The second-order valence-corrected chi connectivity index (χ2v) is 3.57. The van der Waals surface area contributed by atoms with E-state index in [1.165, 1.54) is 12.8 Å². The molecule has 1 aromatic rings. The molecule has 4 nitrogen and oxygen atoms in total. The van der Waals surface area contributed by atoms with E-state index in [0.717, 1.165) is 30.3 Å². The lowest BCUT2D eigenvalue weighted by atomic mass is 10.2. The monoisotopic (exact) mass is 164 g/mol. The highest BCUT2D eigenvalue weighted by molar-refractivity contribution is 5.67. The first kappa shape index (κ1) is 6.34. The summed E-state index contributed by atoms with van der Waals surface area (Å²) < 4.78 is 1.99. The molecule has 2 heterocycles. The van der Waals surface area contributed by atoms with Gasteiger partial charge in [0.1, 0.15) is 5.82 Å². The normalized spacial score (nSPS) is 20.7. The topological polar surface area (TPSA) is 55.9 Å². The third kappa shape index (κ3) is 0.695. The molecule has 2 aliphatic rings. The van der Waals surface area contributed by atoms with Crippen molar-refractivity contribution in [2.24, 2.45) is 0 Å². The van der Waals surface area contributed by atoms with Gasteiger partial charge in [0.05, 0.1) is 17.9 Å². The van der Waals surface area contributed by atoms with Gasteiger partial charge in [-0.1, -0.05) is 0 Å². The van der Waals surface area contributed by atoms with Crippen molar-refractivity contribution < 1.29 is 0 Å². The summed E-state index contributed by atoms with van der Waals surface area (Å²) >= 11 is 0. The molecule has 1 aliphatic carbocycles. The number of aromatic nitrogens is 2. The first-order chi connectivity index (χ1) is 5.86. The van der Waals surface area contributed by atoms with Gasteiger partial charge < -0.3 is 11.1 Å². The molecule has 1 fully saturated rings. The van der Waals surface area contributed by atoms with E-state index in [4.69, 9.17) is 5.73 Å². The number of anilines is 2. The molecule has 0 bridgehead atoms. The Kier molecular flexibility index (Phi) is 1.03. The second-order valence-electron chi connectivity index (χ2n) is 3.57. The highest BCUT2D eigenvalue weighted by Crippen LogP contribution is 2.44. The lowest BCUT2D eigenvalue weighted by Crippen LogP contribution is -1.99. The molecule has 1 aliphatic heterocycles. The maximum atomic E-state index is 5.95. The van der Waals surface area contributed by atoms with E-state index in [2.05, 4.69) is 10.4 Å². The van der Waals surface area contributed by atoms with Gasteiger partial charge in [-0.15, -0.1) is 0 Å². The van der Waals surface area contributed by atoms with Crippen molar-refractivity contribution in [3.63, 3.8) is 0 Å². The first-order valence-corrected chi connectivity index (χ1v) is 4.46. The Morgan fingerprint density at radius 3 is 3.00 bits per heavy atom. The molecule has 0 saturated heterocycles. The van der Waals surface area contributed by atoms with Gasteiger partial charge in [-0.05, 0) is 12.8 Å². The van der Waals surface area contributed by atoms with Crippen molar-refractivity contribution in [1.82, 2.24) is 9.78 Å². The SMILES string of the molecule is Nc1c(C2CC2)nn2c1NCC2. The zero-order chi connectivity index (χ0) is 8.13. The van der Waals surface area contributed by atoms with E-state index in [0.29, 0.717) is 5.92 Å². The Labute approximate surface area is 70.7 Å². The number of nitrogens with two attached hydrogens (primary N) is 1. The van der Waals surface area contributed by atoms with E-state index >= 15 is 0 Å². The molecule has 64 valence electrons. The molecule has 1 aromatic heterocycles. The molecule has 4 heteroatoms. The fraction of sp³-hybridized carbons (Fsp3) is 0.625. The maximum Gasteiger partial charge on any atom is 0.148 e. The van der Waals surface area contributed by atoms with Gasteiger partial charge in [0.2, 0.25) is 0 Å². The van der Waals surface area contributed by atoms with E-state index in [-0.39, 0.29) is 0 Å². The zero-order valence-electron chi connectivity index (χ0n) is 6.88. The van der Waals surface area contributed by atoms with Crippen LogP contribution in [0.4, 0.5) is 11.5 Å². The smallest absolute Gasteiger partial charge is 0.148 e. The second kappa shape index (κ2) is 1.94. The Bertz CT molecular complexity index is 324. The minimum Gasteiger partial charge on any atom is -0.394 e. The Morgan fingerprint density at radius 2 is 2.33 bits per heavy atom. The average molecular weight is 164 g/mol. The number of fused-ring (bicyclic) bond motifs is 1. The average Bonchev–Trinajstić information content (AvgIpc) is 2.71. The number of nitrogens with zero attached hydrogens (tertiary/aromatic N) is 2. The number of hydrogen-bond donors (Lipinski definition) is 2. The Hall–Kier alpha value is -1.19. The minimum absolute atomic E-state index is 0.657. The van der Waals surface area contributed by atoms with Gasteiger partial charge >= 0.3 is 0 Å². The van der Waals surface area contributed by atoms with Gasteiger partial charge in [0, 0.05) is 12.5 Å². The number of nitrogen functional groups attached to an aromatic ring is 1. The molecule has 0 radical (unpaired) electrons. The van der Waals surface area contributed by atoms with Gasteiger partial charge in [0.15, 0.2) is 0 Å². The summed E-state index contributed by atoms with van der Waals surface area (Å²) in [4.78, 5) is 0. The lowest BCUT2D eigenvalue weighted by molar-refractivity contribution is 0.680. The van der Waals surface area contributed by atoms with Crippen LogP contribution in [0.5, 0.6) is 0 Å². The summed E-state index contributed by atoms with van der Waals surface area (Å²) in [5.74, 6) is 1.70. The van der Waals surface area contributed by atoms with Crippen molar-refractivity contribution in [3.05, 3.63) is 5.69 Å². The van der Waals surface area contributed by atoms with Crippen LogP contribution in [0.3, 0.4) is 0 Å². The first-order valence-electron chi connectivity index (χ1n) is 4.46. The Morgan fingerprint density at radius 1 is 1.50 bits per heavy atom. The molecule has 3 N–H and O–H groups in total. The molecular weight excluding hydrogens is 152 g/mol. The third-order valence-electron chi connectivity index (χ3n) is 2.60. The molecule has 3 rings (SSSR count). The van der Waals surface area contributed by atoms with E-state index in [1.54, 1.807) is 0 Å². The third-order valence-corrected chi connectivity index (χ3v) is 2.60. The Balaban J connectivity index is 2.10. The minimum atomic E-state index is 0.657. The van der Waals surface area contributed by atoms with Gasteiger partial charge in [-0.2, -0.15) is 5.10 Å². The summed E-state index contributed by atoms with van der Waals surface area (Å²) in [6, 6.07) is 0. The van der Waals surface area contributed by atoms with Crippen molar-refractivity contribution >= 4 is 11.5 Å². The fourth-order valence-corrected chi connectivity index (χ4v) is 1.78. The molecular formula is C8H12N4. The summed E-state index contributed by atoms with van der Waals surface area (Å²) in [7, 11) is 0. The fourth-order valence-electron chi connectivity index (χ4n) is 1.78. The quantitative estimate of drug-likeness (QED) is 0.644. The lowest BCUT2D eigenvalue weighted by Gasteiger charge is -1.95. The van der Waals surface area contributed by atoms with Crippen LogP contribution in [-0.2, 0) is 6.54 Å². The highest BCUT2D eigenvalue weighted by Gasteiger charge is 2.31. The summed E-state index contributed by atoms with van der Waals surface area (Å²) in [6.45, 7) is 1.93. The van der Waals surface area contributed by atoms with Crippen LogP contribution in [0.15, 0.2) is 0 Å². The van der Waals surface area contributed by atoms with E-state index < -0.39 is 0 Å². The van der Waals surface area contributed by atoms with Gasteiger partial charge in [-0.3, -0.25) is 0 Å². The maximum absolute atomic E-state index is 5.95. The molecule has 0 unspecified atom stereocenters. The van der Waals surface area contributed by atoms with Crippen molar-refractivity contribution in [2.75, 3.05) is 17.6 Å². The van der Waals surface area contributed by atoms with Crippen LogP contribution in [0, 0.1) is 0 Å². The predicted octanol–water partition coefficient (Wildman–Crippen LogP) is 0.768. The molecule has 0 aromatic carbocycles. The number of nitrogens with one attached hydrogen (secondary N) is 1. The molecule has 0 spiro atoms. The standard InChI is InChI=1S/C8H12N4/c9-6-7(5-1-2-5)11-12-4-3-10-8(6)12/h5,10H,1-4,9H2. The zero-order valence-corrected chi connectivity index (χ0v) is 6.88. The summed E-state index contributed by atoms with van der Waals surface area (Å²) in [5, 5.41) is 7.73. The summed E-state index contributed by atoms with van der Waals surface area (Å²) in [5.41, 5.74) is 7.96. The van der Waals surface area contributed by atoms with Gasteiger partial charge in [0.25, 0.3) is 0 Å². The summed E-state index contributed by atoms with van der Waals surface area (Å²) in [6.07, 6.45) is 2.53. The van der Waals surface area contributed by atoms with Crippen molar-refractivity contribution in [2.45, 2.75) is 25.3 Å². The van der Waals surface area contributed by atoms with Crippen molar-refractivity contribution in [3.8, 4) is 0 Å². The van der Waals surface area contributed by atoms with Crippen LogP contribution in [-0.4, -0.2) is 16.3 Å².